The topological polar surface area (TPSA) is 37.3 Å². The molecule has 0 aliphatic heterocycles. The quantitative estimate of drug-likeness (QED) is 0.899. The van der Waals surface area contributed by atoms with E-state index in [9.17, 15) is 23.1 Å². The SMILES string of the molecule is CCCC1CC(C(=O)O)(c2cccc(C(F)(F)F)c2)C1. The number of carboxylic acid groups (broad SMARTS) is 1. The maximum atomic E-state index is 12.7. The fourth-order valence-corrected chi connectivity index (χ4v) is 3.07. The van der Waals surface area contributed by atoms with Crippen molar-refractivity contribution < 1.29 is 23.1 Å². The largest absolute Gasteiger partial charge is 0.481 e. The molecule has 110 valence electrons. The van der Waals surface area contributed by atoms with Gasteiger partial charge in [-0.05, 0) is 30.4 Å². The number of carbonyl (C=O) groups is 1. The molecule has 0 aromatic heterocycles. The van der Waals surface area contributed by atoms with Crippen LogP contribution in [0.1, 0.15) is 43.7 Å². The highest BCUT2D eigenvalue weighted by molar-refractivity contribution is 5.83. The predicted octanol–water partition coefficient (Wildman–Crippen LogP) is 4.24. The van der Waals surface area contributed by atoms with Gasteiger partial charge in [-0.2, -0.15) is 13.2 Å². The van der Waals surface area contributed by atoms with E-state index in [0.29, 0.717) is 18.8 Å². The lowest BCUT2D eigenvalue weighted by Crippen LogP contribution is -2.47. The minimum atomic E-state index is -4.44. The van der Waals surface area contributed by atoms with E-state index >= 15 is 0 Å². The van der Waals surface area contributed by atoms with E-state index < -0.39 is 23.1 Å². The second-order valence-corrected chi connectivity index (χ2v) is 5.53. The fraction of sp³-hybridized carbons (Fsp3) is 0.533. The Morgan fingerprint density at radius 2 is 2.05 bits per heavy atom. The molecule has 1 aromatic rings. The zero-order valence-corrected chi connectivity index (χ0v) is 11.2. The normalized spacial score (nSPS) is 26.1. The molecular weight excluding hydrogens is 269 g/mol. The van der Waals surface area contributed by atoms with E-state index in [-0.39, 0.29) is 5.56 Å². The van der Waals surface area contributed by atoms with E-state index in [2.05, 4.69) is 0 Å². The van der Waals surface area contributed by atoms with Gasteiger partial charge in [0.2, 0.25) is 0 Å². The van der Waals surface area contributed by atoms with Crippen LogP contribution in [0.3, 0.4) is 0 Å². The summed E-state index contributed by atoms with van der Waals surface area (Å²) in [6, 6.07) is 4.74. The smallest absolute Gasteiger partial charge is 0.416 e. The van der Waals surface area contributed by atoms with Gasteiger partial charge in [-0.1, -0.05) is 38.0 Å². The Bertz CT molecular complexity index is 502. The number of rotatable bonds is 4. The molecular formula is C15H17F3O2. The number of carboxylic acids is 1. The zero-order chi connectivity index (χ0) is 15.0. The van der Waals surface area contributed by atoms with Gasteiger partial charge in [0, 0.05) is 0 Å². The van der Waals surface area contributed by atoms with Gasteiger partial charge < -0.3 is 5.11 Å². The summed E-state index contributed by atoms with van der Waals surface area (Å²) in [5, 5.41) is 9.44. The molecule has 0 radical (unpaired) electrons. The molecule has 2 rings (SSSR count). The third-order valence-corrected chi connectivity index (χ3v) is 4.12. The third kappa shape index (κ3) is 2.53. The first-order valence-corrected chi connectivity index (χ1v) is 6.71. The van der Waals surface area contributed by atoms with E-state index in [4.69, 9.17) is 0 Å². The van der Waals surface area contributed by atoms with Crippen LogP contribution >= 0.6 is 0 Å². The molecule has 0 spiro atoms. The van der Waals surface area contributed by atoms with Crippen LogP contribution in [0.25, 0.3) is 0 Å². The molecule has 1 N–H and O–H groups in total. The number of halogens is 3. The minimum Gasteiger partial charge on any atom is -0.481 e. The van der Waals surface area contributed by atoms with Crippen molar-refractivity contribution in [2.75, 3.05) is 0 Å². The van der Waals surface area contributed by atoms with Gasteiger partial charge in [0.05, 0.1) is 11.0 Å². The average Bonchev–Trinajstić information content (AvgIpc) is 2.32. The summed E-state index contributed by atoms with van der Waals surface area (Å²) in [4.78, 5) is 11.5. The summed E-state index contributed by atoms with van der Waals surface area (Å²) >= 11 is 0. The molecule has 1 aliphatic rings. The number of hydrogen-bond acceptors (Lipinski definition) is 1. The predicted molar refractivity (Wildman–Crippen MR) is 68.4 cm³/mol. The van der Waals surface area contributed by atoms with Gasteiger partial charge in [-0.15, -0.1) is 0 Å². The monoisotopic (exact) mass is 286 g/mol. The van der Waals surface area contributed by atoms with Gasteiger partial charge in [-0.25, -0.2) is 0 Å². The highest BCUT2D eigenvalue weighted by Gasteiger charge is 2.51. The number of alkyl halides is 3. The van der Waals surface area contributed by atoms with Crippen LogP contribution in [-0.4, -0.2) is 11.1 Å². The number of hydrogen-bond donors (Lipinski definition) is 1. The molecule has 0 bridgehead atoms. The van der Waals surface area contributed by atoms with Crippen LogP contribution in [0.15, 0.2) is 24.3 Å². The lowest BCUT2D eigenvalue weighted by atomic mass is 9.57. The molecule has 5 heteroatoms. The van der Waals surface area contributed by atoms with Crippen molar-refractivity contribution in [3.05, 3.63) is 35.4 Å². The number of aliphatic carboxylic acids is 1. The Kier molecular flexibility index (Phi) is 3.80. The van der Waals surface area contributed by atoms with Crippen molar-refractivity contribution in [3.63, 3.8) is 0 Å². The van der Waals surface area contributed by atoms with Crippen LogP contribution in [-0.2, 0) is 16.4 Å². The summed E-state index contributed by atoms with van der Waals surface area (Å²) in [6.45, 7) is 2.02. The molecule has 1 aromatic carbocycles. The first kappa shape index (κ1) is 14.9. The van der Waals surface area contributed by atoms with Crippen molar-refractivity contribution in [1.29, 1.82) is 0 Å². The van der Waals surface area contributed by atoms with Gasteiger partial charge in [-0.3, -0.25) is 4.79 Å². The average molecular weight is 286 g/mol. The van der Waals surface area contributed by atoms with Crippen LogP contribution in [0.5, 0.6) is 0 Å². The highest BCUT2D eigenvalue weighted by atomic mass is 19.4. The van der Waals surface area contributed by atoms with Crippen LogP contribution in [0, 0.1) is 5.92 Å². The summed E-state index contributed by atoms with van der Waals surface area (Å²) in [5.74, 6) is -0.727. The van der Waals surface area contributed by atoms with E-state index in [1.165, 1.54) is 12.1 Å². The van der Waals surface area contributed by atoms with Crippen molar-refractivity contribution in [2.24, 2.45) is 5.92 Å². The molecule has 0 saturated heterocycles. The van der Waals surface area contributed by atoms with Crippen molar-refractivity contribution in [2.45, 2.75) is 44.2 Å². The summed E-state index contributed by atoms with van der Waals surface area (Å²) in [6.07, 6.45) is -1.70. The molecule has 1 fully saturated rings. The lowest BCUT2D eigenvalue weighted by Gasteiger charge is -2.45. The van der Waals surface area contributed by atoms with E-state index in [1.807, 2.05) is 6.92 Å². The van der Waals surface area contributed by atoms with E-state index in [1.54, 1.807) is 0 Å². The van der Waals surface area contributed by atoms with Crippen LogP contribution in [0.4, 0.5) is 13.2 Å². The first-order chi connectivity index (χ1) is 9.29. The van der Waals surface area contributed by atoms with Crippen molar-refractivity contribution >= 4 is 5.97 Å². The van der Waals surface area contributed by atoms with Gasteiger partial charge in [0.15, 0.2) is 0 Å². The van der Waals surface area contributed by atoms with Crippen LogP contribution < -0.4 is 0 Å². The molecule has 0 atom stereocenters. The molecule has 0 amide bonds. The molecule has 1 saturated carbocycles. The zero-order valence-electron chi connectivity index (χ0n) is 11.2. The lowest BCUT2D eigenvalue weighted by molar-refractivity contribution is -0.150. The van der Waals surface area contributed by atoms with Gasteiger partial charge in [0.25, 0.3) is 0 Å². The van der Waals surface area contributed by atoms with Crippen molar-refractivity contribution in [1.82, 2.24) is 0 Å². The van der Waals surface area contributed by atoms with E-state index in [0.717, 1.165) is 25.0 Å². The summed E-state index contributed by atoms with van der Waals surface area (Å²) in [7, 11) is 0. The Morgan fingerprint density at radius 3 is 2.55 bits per heavy atom. The maximum Gasteiger partial charge on any atom is 0.416 e. The van der Waals surface area contributed by atoms with Crippen LogP contribution in [0.2, 0.25) is 0 Å². The molecule has 20 heavy (non-hydrogen) atoms. The second kappa shape index (κ2) is 5.11. The molecule has 0 unspecified atom stereocenters. The minimum absolute atomic E-state index is 0.271. The van der Waals surface area contributed by atoms with Crippen molar-refractivity contribution in [3.8, 4) is 0 Å². The fourth-order valence-electron chi connectivity index (χ4n) is 3.07. The first-order valence-electron chi connectivity index (χ1n) is 6.71. The standard InChI is InChI=1S/C15H17F3O2/c1-2-4-10-8-14(9-10,13(19)20)11-5-3-6-12(7-11)15(16,17)18/h3,5-7,10H,2,4,8-9H2,1H3,(H,19,20). The Morgan fingerprint density at radius 1 is 1.40 bits per heavy atom. The highest BCUT2D eigenvalue weighted by Crippen LogP contribution is 2.50. The maximum absolute atomic E-state index is 12.7. The molecule has 0 heterocycles. The Labute approximate surface area is 115 Å². The summed E-state index contributed by atoms with van der Waals surface area (Å²) < 4.78 is 38.2. The number of benzene rings is 1. The second-order valence-electron chi connectivity index (χ2n) is 5.53. The summed E-state index contributed by atoms with van der Waals surface area (Å²) in [5.41, 5.74) is -1.65. The third-order valence-electron chi connectivity index (χ3n) is 4.12. The molecule has 1 aliphatic carbocycles. The van der Waals surface area contributed by atoms with Gasteiger partial charge >= 0.3 is 12.1 Å². The Balaban J connectivity index is 2.31. The molecule has 2 nitrogen and oxygen atoms in total. The van der Waals surface area contributed by atoms with Gasteiger partial charge in [0.1, 0.15) is 0 Å². The Hall–Kier alpha value is -1.52.